The Labute approximate surface area is 139 Å². The lowest BCUT2D eigenvalue weighted by Gasteiger charge is -2.10. The van der Waals surface area contributed by atoms with Crippen LogP contribution in [0.15, 0.2) is 48.5 Å². The molecule has 3 aromatic rings. The molecule has 6 heteroatoms. The van der Waals surface area contributed by atoms with Gasteiger partial charge in [0.05, 0.1) is 17.6 Å². The van der Waals surface area contributed by atoms with Crippen molar-refractivity contribution in [2.75, 3.05) is 0 Å². The number of hydrogen-bond donors (Lipinski definition) is 0. The quantitative estimate of drug-likeness (QED) is 0.675. The molecule has 0 fully saturated rings. The predicted molar refractivity (Wildman–Crippen MR) is 88.6 cm³/mol. The van der Waals surface area contributed by atoms with Crippen molar-refractivity contribution in [3.05, 3.63) is 59.7 Å². The zero-order valence-electron chi connectivity index (χ0n) is 13.5. The highest BCUT2D eigenvalue weighted by Crippen LogP contribution is 2.13. The Kier molecular flexibility index (Phi) is 4.37. The number of nitrogens with zero attached hydrogens (tertiary/aromatic N) is 3. The van der Waals surface area contributed by atoms with Gasteiger partial charge >= 0.3 is 5.97 Å². The van der Waals surface area contributed by atoms with E-state index in [0.717, 1.165) is 16.6 Å². The first kappa shape index (κ1) is 15.9. The van der Waals surface area contributed by atoms with Gasteiger partial charge in [-0.05, 0) is 43.7 Å². The fourth-order valence-corrected chi connectivity index (χ4v) is 2.26. The minimum absolute atomic E-state index is 0.182. The number of aromatic nitrogens is 3. The normalized spacial score (nSPS) is 12.1. The number of Topliss-reactive ketones (excluding diaryl/α,β-unsaturated/α-hetero) is 1. The second-order valence-electron chi connectivity index (χ2n) is 5.59. The smallest absolute Gasteiger partial charge is 0.338 e. The Balaban J connectivity index is 1.73. The van der Waals surface area contributed by atoms with E-state index in [-0.39, 0.29) is 5.78 Å². The molecule has 0 radical (unpaired) electrons. The Hall–Kier alpha value is -3.02. The highest BCUT2D eigenvalue weighted by Gasteiger charge is 2.15. The molecule has 0 N–H and O–H groups in total. The van der Waals surface area contributed by atoms with Crippen molar-refractivity contribution in [1.82, 2.24) is 15.0 Å². The first-order chi connectivity index (χ1) is 11.5. The fraction of sp³-hybridized carbons (Fsp3) is 0.222. The molecular weight excluding hydrogens is 306 g/mol. The van der Waals surface area contributed by atoms with Crippen LogP contribution in [0.2, 0.25) is 0 Å². The molecule has 0 bridgehead atoms. The Bertz CT molecular complexity index is 884. The molecule has 122 valence electrons. The Morgan fingerprint density at radius 2 is 1.83 bits per heavy atom. The summed E-state index contributed by atoms with van der Waals surface area (Å²) >= 11 is 0. The van der Waals surface area contributed by atoms with Crippen molar-refractivity contribution in [2.45, 2.75) is 26.5 Å². The van der Waals surface area contributed by atoms with E-state index in [1.807, 2.05) is 36.4 Å². The summed E-state index contributed by atoms with van der Waals surface area (Å²) in [6.07, 6.45) is -0.737. The average molecular weight is 323 g/mol. The van der Waals surface area contributed by atoms with Crippen LogP contribution >= 0.6 is 0 Å². The molecule has 0 spiro atoms. The minimum Gasteiger partial charge on any atom is -0.451 e. The van der Waals surface area contributed by atoms with Crippen molar-refractivity contribution in [3.8, 4) is 0 Å². The summed E-state index contributed by atoms with van der Waals surface area (Å²) in [5.74, 6) is -0.687. The van der Waals surface area contributed by atoms with Gasteiger partial charge in [-0.1, -0.05) is 29.5 Å². The molecule has 1 heterocycles. The van der Waals surface area contributed by atoms with E-state index in [9.17, 15) is 9.59 Å². The summed E-state index contributed by atoms with van der Waals surface area (Å²) in [5, 5.41) is 8.26. The third-order valence-corrected chi connectivity index (χ3v) is 3.80. The van der Waals surface area contributed by atoms with Gasteiger partial charge in [0.1, 0.15) is 5.52 Å². The molecule has 0 saturated heterocycles. The highest BCUT2D eigenvalue weighted by molar-refractivity contribution is 5.92. The molecule has 3 rings (SSSR count). The summed E-state index contributed by atoms with van der Waals surface area (Å²) in [7, 11) is 0. The molecule has 2 aromatic carbocycles. The van der Waals surface area contributed by atoms with Gasteiger partial charge in [-0.2, -0.15) is 0 Å². The van der Waals surface area contributed by atoms with E-state index in [4.69, 9.17) is 4.74 Å². The van der Waals surface area contributed by atoms with Crippen LogP contribution in [0.5, 0.6) is 0 Å². The number of ether oxygens (including phenoxy) is 1. The molecule has 1 aromatic heterocycles. The van der Waals surface area contributed by atoms with Gasteiger partial charge < -0.3 is 4.74 Å². The Morgan fingerprint density at radius 1 is 1.12 bits per heavy atom. The number of fused-ring (bicyclic) bond motifs is 1. The third kappa shape index (κ3) is 3.32. The number of ketones is 1. The summed E-state index contributed by atoms with van der Waals surface area (Å²) in [6, 6.07) is 14.8. The number of esters is 1. The van der Waals surface area contributed by atoms with Crippen molar-refractivity contribution >= 4 is 22.8 Å². The molecule has 0 aliphatic heterocycles. The number of hydrogen-bond acceptors (Lipinski definition) is 5. The largest absolute Gasteiger partial charge is 0.451 e. The van der Waals surface area contributed by atoms with Crippen LogP contribution in [0.3, 0.4) is 0 Å². The number of carbonyl (C=O) groups excluding carboxylic acids is 2. The van der Waals surface area contributed by atoms with Gasteiger partial charge in [-0.25, -0.2) is 9.48 Å². The zero-order chi connectivity index (χ0) is 17.1. The van der Waals surface area contributed by atoms with E-state index in [0.29, 0.717) is 12.1 Å². The van der Waals surface area contributed by atoms with Gasteiger partial charge in [0.15, 0.2) is 11.9 Å². The maximum absolute atomic E-state index is 12.0. The van der Waals surface area contributed by atoms with Crippen LogP contribution in [-0.4, -0.2) is 32.9 Å². The lowest BCUT2D eigenvalue weighted by molar-refractivity contribution is -0.124. The number of para-hydroxylation sites is 1. The van der Waals surface area contributed by atoms with Gasteiger partial charge in [-0.3, -0.25) is 4.79 Å². The lowest BCUT2D eigenvalue weighted by atomic mass is 10.1. The topological polar surface area (TPSA) is 74.1 Å². The molecule has 0 aliphatic rings. The molecule has 1 atom stereocenters. The van der Waals surface area contributed by atoms with Gasteiger partial charge in [-0.15, -0.1) is 5.10 Å². The predicted octanol–water partition coefficient (Wildman–Crippen LogP) is 2.61. The number of carbonyl (C=O) groups is 2. The maximum atomic E-state index is 12.0. The minimum atomic E-state index is -0.737. The SMILES string of the molecule is CC(=O)C(C)OC(=O)c1ccc(Cn2nnc3ccccc32)cc1. The van der Waals surface area contributed by atoms with E-state index in [2.05, 4.69) is 10.3 Å². The van der Waals surface area contributed by atoms with E-state index in [1.54, 1.807) is 23.7 Å². The number of rotatable bonds is 5. The van der Waals surface area contributed by atoms with Crippen molar-refractivity contribution < 1.29 is 14.3 Å². The van der Waals surface area contributed by atoms with Crippen LogP contribution in [0.1, 0.15) is 29.8 Å². The van der Waals surface area contributed by atoms with E-state index >= 15 is 0 Å². The third-order valence-electron chi connectivity index (χ3n) is 3.80. The molecule has 24 heavy (non-hydrogen) atoms. The number of benzene rings is 2. The second-order valence-corrected chi connectivity index (χ2v) is 5.59. The molecule has 1 unspecified atom stereocenters. The maximum Gasteiger partial charge on any atom is 0.338 e. The first-order valence-corrected chi connectivity index (χ1v) is 7.63. The van der Waals surface area contributed by atoms with Crippen molar-refractivity contribution in [2.24, 2.45) is 0 Å². The molecule has 0 amide bonds. The molecule has 6 nitrogen and oxygen atoms in total. The lowest BCUT2D eigenvalue weighted by Crippen LogP contribution is -2.21. The summed E-state index contributed by atoms with van der Waals surface area (Å²) in [6.45, 7) is 3.51. The molecule has 0 aliphatic carbocycles. The van der Waals surface area contributed by atoms with Crippen LogP contribution in [0, 0.1) is 0 Å². The first-order valence-electron chi connectivity index (χ1n) is 7.63. The highest BCUT2D eigenvalue weighted by atomic mass is 16.5. The Morgan fingerprint density at radius 3 is 2.54 bits per heavy atom. The summed E-state index contributed by atoms with van der Waals surface area (Å²) in [4.78, 5) is 23.1. The van der Waals surface area contributed by atoms with E-state index in [1.165, 1.54) is 6.92 Å². The van der Waals surface area contributed by atoms with Crippen molar-refractivity contribution in [3.63, 3.8) is 0 Å². The van der Waals surface area contributed by atoms with Gasteiger partial charge in [0.2, 0.25) is 0 Å². The van der Waals surface area contributed by atoms with Gasteiger partial charge in [0, 0.05) is 0 Å². The summed E-state index contributed by atoms with van der Waals surface area (Å²) in [5.41, 5.74) is 3.20. The molecule has 0 saturated carbocycles. The van der Waals surface area contributed by atoms with Crippen LogP contribution in [-0.2, 0) is 16.1 Å². The zero-order valence-corrected chi connectivity index (χ0v) is 13.5. The van der Waals surface area contributed by atoms with E-state index < -0.39 is 12.1 Å². The monoisotopic (exact) mass is 323 g/mol. The fourth-order valence-electron chi connectivity index (χ4n) is 2.26. The molecular formula is C18H17N3O3. The standard InChI is InChI=1S/C18H17N3O3/c1-12(22)13(2)24-18(23)15-9-7-14(8-10-15)11-21-17-6-4-3-5-16(17)19-20-21/h3-10,13H,11H2,1-2H3. The van der Waals surface area contributed by atoms with Crippen LogP contribution in [0.25, 0.3) is 11.0 Å². The van der Waals surface area contributed by atoms with Crippen LogP contribution in [0.4, 0.5) is 0 Å². The second kappa shape index (κ2) is 6.62. The van der Waals surface area contributed by atoms with Crippen LogP contribution < -0.4 is 0 Å². The average Bonchev–Trinajstić information content (AvgIpc) is 2.98. The van der Waals surface area contributed by atoms with Gasteiger partial charge in [0.25, 0.3) is 0 Å². The van der Waals surface area contributed by atoms with Crippen molar-refractivity contribution in [1.29, 1.82) is 0 Å². The summed E-state index contributed by atoms with van der Waals surface area (Å²) < 4.78 is 6.89.